The molecule has 2 N–H and O–H groups in total. The number of carbonyl (C=O) groups is 1. The average molecular weight is 263 g/mol. The standard InChI is InChI=1S/C11H13N5O3/c1-18-8-4-3-7(5-9(8)19-2)11-13-15-16(14-11)6-10(12)17/h3-5H,6H2,1-2H3,(H2,12,17). The van der Waals surface area contributed by atoms with Gasteiger partial charge in [0.25, 0.3) is 0 Å². The fraction of sp³-hybridized carbons (Fsp3) is 0.273. The van der Waals surface area contributed by atoms with Gasteiger partial charge in [-0.2, -0.15) is 4.80 Å². The quantitative estimate of drug-likeness (QED) is 0.803. The number of hydrogen-bond acceptors (Lipinski definition) is 6. The number of primary amides is 1. The molecule has 100 valence electrons. The first-order valence-corrected chi connectivity index (χ1v) is 5.42. The smallest absolute Gasteiger partial charge is 0.241 e. The lowest BCUT2D eigenvalue weighted by molar-refractivity contribution is -0.118. The van der Waals surface area contributed by atoms with Crippen LogP contribution in [0.2, 0.25) is 0 Å². The van der Waals surface area contributed by atoms with E-state index in [1.807, 2.05) is 0 Å². The number of carbonyl (C=O) groups excluding carboxylic acids is 1. The van der Waals surface area contributed by atoms with E-state index < -0.39 is 5.91 Å². The van der Waals surface area contributed by atoms with Gasteiger partial charge in [-0.15, -0.1) is 10.2 Å². The molecule has 0 atom stereocenters. The Balaban J connectivity index is 2.31. The van der Waals surface area contributed by atoms with Gasteiger partial charge in [-0.3, -0.25) is 4.79 Å². The molecule has 0 fully saturated rings. The molecule has 1 aromatic heterocycles. The Bertz CT molecular complexity index is 596. The van der Waals surface area contributed by atoms with Crippen LogP contribution in [-0.2, 0) is 11.3 Å². The average Bonchev–Trinajstić information content (AvgIpc) is 2.85. The van der Waals surface area contributed by atoms with E-state index in [9.17, 15) is 4.79 Å². The van der Waals surface area contributed by atoms with Crippen LogP contribution >= 0.6 is 0 Å². The largest absolute Gasteiger partial charge is 0.493 e. The van der Waals surface area contributed by atoms with E-state index in [0.29, 0.717) is 22.9 Å². The zero-order chi connectivity index (χ0) is 13.8. The number of amides is 1. The molecular weight excluding hydrogens is 250 g/mol. The monoisotopic (exact) mass is 263 g/mol. The van der Waals surface area contributed by atoms with Crippen molar-refractivity contribution in [3.05, 3.63) is 18.2 Å². The number of ether oxygens (including phenoxy) is 2. The van der Waals surface area contributed by atoms with Crippen LogP contribution in [0.3, 0.4) is 0 Å². The summed E-state index contributed by atoms with van der Waals surface area (Å²) in [5, 5.41) is 11.6. The minimum Gasteiger partial charge on any atom is -0.493 e. The molecule has 1 heterocycles. The van der Waals surface area contributed by atoms with Crippen LogP contribution in [0.1, 0.15) is 0 Å². The first kappa shape index (κ1) is 12.8. The Morgan fingerprint density at radius 2 is 2.05 bits per heavy atom. The maximum atomic E-state index is 10.8. The topological polar surface area (TPSA) is 105 Å². The Kier molecular flexibility index (Phi) is 3.60. The van der Waals surface area contributed by atoms with Gasteiger partial charge < -0.3 is 15.2 Å². The number of aromatic nitrogens is 4. The SMILES string of the molecule is COc1ccc(-c2nnn(CC(N)=O)n2)cc1OC. The first-order valence-electron chi connectivity index (χ1n) is 5.42. The zero-order valence-electron chi connectivity index (χ0n) is 10.5. The van der Waals surface area contributed by atoms with Gasteiger partial charge in [0.05, 0.1) is 14.2 Å². The molecule has 0 saturated heterocycles. The number of methoxy groups -OCH3 is 2. The van der Waals surface area contributed by atoms with E-state index in [4.69, 9.17) is 15.2 Å². The molecule has 0 saturated carbocycles. The van der Waals surface area contributed by atoms with Crippen LogP contribution in [0.4, 0.5) is 0 Å². The van der Waals surface area contributed by atoms with Crippen molar-refractivity contribution in [2.75, 3.05) is 14.2 Å². The lowest BCUT2D eigenvalue weighted by atomic mass is 10.2. The summed E-state index contributed by atoms with van der Waals surface area (Å²) in [5.41, 5.74) is 5.75. The van der Waals surface area contributed by atoms with Crippen LogP contribution in [0.25, 0.3) is 11.4 Å². The number of hydrogen-bond donors (Lipinski definition) is 1. The van der Waals surface area contributed by atoms with Crippen molar-refractivity contribution < 1.29 is 14.3 Å². The molecule has 2 rings (SSSR count). The Hall–Kier alpha value is -2.64. The molecule has 19 heavy (non-hydrogen) atoms. The number of nitrogens with zero attached hydrogens (tertiary/aromatic N) is 4. The van der Waals surface area contributed by atoms with E-state index >= 15 is 0 Å². The molecule has 1 amide bonds. The van der Waals surface area contributed by atoms with Crippen molar-refractivity contribution in [3.63, 3.8) is 0 Å². The van der Waals surface area contributed by atoms with Gasteiger partial charge in [0.1, 0.15) is 6.54 Å². The lowest BCUT2D eigenvalue weighted by Crippen LogP contribution is -2.20. The Morgan fingerprint density at radius 1 is 1.32 bits per heavy atom. The van der Waals surface area contributed by atoms with E-state index in [-0.39, 0.29) is 6.54 Å². The third kappa shape index (κ3) is 2.79. The summed E-state index contributed by atoms with van der Waals surface area (Å²) in [4.78, 5) is 11.9. The van der Waals surface area contributed by atoms with Gasteiger partial charge in [-0.05, 0) is 23.4 Å². The second-order valence-electron chi connectivity index (χ2n) is 3.68. The molecule has 8 heteroatoms. The highest BCUT2D eigenvalue weighted by atomic mass is 16.5. The fourth-order valence-corrected chi connectivity index (χ4v) is 1.54. The van der Waals surface area contributed by atoms with Crippen molar-refractivity contribution in [2.45, 2.75) is 6.54 Å². The molecule has 8 nitrogen and oxygen atoms in total. The maximum absolute atomic E-state index is 10.8. The fourth-order valence-electron chi connectivity index (χ4n) is 1.54. The minimum absolute atomic E-state index is 0.111. The van der Waals surface area contributed by atoms with Crippen LogP contribution in [0.5, 0.6) is 11.5 Å². The van der Waals surface area contributed by atoms with E-state index in [2.05, 4.69) is 15.4 Å². The number of rotatable bonds is 5. The second kappa shape index (κ2) is 5.34. The van der Waals surface area contributed by atoms with E-state index in [0.717, 1.165) is 4.80 Å². The Labute approximate surface area is 109 Å². The predicted octanol–water partition coefficient (Wildman–Crippen LogP) is -0.157. The minimum atomic E-state index is -0.531. The summed E-state index contributed by atoms with van der Waals surface area (Å²) in [5.74, 6) is 1.01. The normalized spacial score (nSPS) is 10.2. The molecule has 0 aliphatic heterocycles. The molecule has 0 aliphatic rings. The van der Waals surface area contributed by atoms with Crippen molar-refractivity contribution in [2.24, 2.45) is 5.73 Å². The van der Waals surface area contributed by atoms with E-state index in [1.54, 1.807) is 32.4 Å². The third-order valence-corrected chi connectivity index (χ3v) is 2.39. The van der Waals surface area contributed by atoms with Gasteiger partial charge in [-0.25, -0.2) is 0 Å². The summed E-state index contributed by atoms with van der Waals surface area (Å²) >= 11 is 0. The second-order valence-corrected chi connectivity index (χ2v) is 3.68. The van der Waals surface area contributed by atoms with Gasteiger partial charge in [0.15, 0.2) is 11.5 Å². The van der Waals surface area contributed by atoms with E-state index in [1.165, 1.54) is 0 Å². The molecular formula is C11H13N5O3. The summed E-state index contributed by atoms with van der Waals surface area (Å²) in [6.45, 7) is -0.111. The molecule has 0 radical (unpaired) electrons. The maximum Gasteiger partial charge on any atom is 0.241 e. The van der Waals surface area contributed by atoms with Crippen LogP contribution in [0.15, 0.2) is 18.2 Å². The van der Waals surface area contributed by atoms with Gasteiger partial charge in [-0.1, -0.05) is 0 Å². The van der Waals surface area contributed by atoms with Crippen molar-refractivity contribution in [1.82, 2.24) is 20.2 Å². The molecule has 1 aromatic carbocycles. The highest BCUT2D eigenvalue weighted by Crippen LogP contribution is 2.30. The molecule has 0 bridgehead atoms. The van der Waals surface area contributed by atoms with Crippen molar-refractivity contribution in [1.29, 1.82) is 0 Å². The highest BCUT2D eigenvalue weighted by Gasteiger charge is 2.11. The highest BCUT2D eigenvalue weighted by molar-refractivity contribution is 5.73. The molecule has 2 aromatic rings. The summed E-state index contributed by atoms with van der Waals surface area (Å²) < 4.78 is 10.3. The molecule has 0 unspecified atom stereocenters. The zero-order valence-corrected chi connectivity index (χ0v) is 10.5. The lowest BCUT2D eigenvalue weighted by Gasteiger charge is -2.07. The first-order chi connectivity index (χ1) is 9.13. The summed E-state index contributed by atoms with van der Waals surface area (Å²) in [6, 6.07) is 5.24. The van der Waals surface area contributed by atoms with Gasteiger partial charge >= 0.3 is 0 Å². The van der Waals surface area contributed by atoms with Crippen LogP contribution in [-0.4, -0.2) is 40.3 Å². The molecule has 0 aliphatic carbocycles. The third-order valence-electron chi connectivity index (χ3n) is 2.39. The number of tetrazole rings is 1. The van der Waals surface area contributed by atoms with Crippen LogP contribution < -0.4 is 15.2 Å². The summed E-state index contributed by atoms with van der Waals surface area (Å²) in [6.07, 6.45) is 0. The van der Waals surface area contributed by atoms with Crippen molar-refractivity contribution in [3.8, 4) is 22.9 Å². The summed E-state index contributed by atoms with van der Waals surface area (Å²) in [7, 11) is 3.10. The molecule has 0 spiro atoms. The number of benzene rings is 1. The van der Waals surface area contributed by atoms with Gasteiger partial charge in [0, 0.05) is 5.56 Å². The number of nitrogens with two attached hydrogens (primary N) is 1. The predicted molar refractivity (Wildman–Crippen MR) is 65.6 cm³/mol. The van der Waals surface area contributed by atoms with Gasteiger partial charge in [0.2, 0.25) is 11.7 Å². The van der Waals surface area contributed by atoms with Crippen molar-refractivity contribution >= 4 is 5.91 Å². The van der Waals surface area contributed by atoms with Crippen LogP contribution in [0, 0.1) is 0 Å². The Morgan fingerprint density at radius 3 is 2.68 bits per heavy atom.